The van der Waals surface area contributed by atoms with E-state index in [-0.39, 0.29) is 16.5 Å². The van der Waals surface area contributed by atoms with Crippen molar-refractivity contribution in [2.45, 2.75) is 63.2 Å². The van der Waals surface area contributed by atoms with Crippen LogP contribution in [0.15, 0.2) is 36.4 Å². The average molecular weight is 399 g/mol. The van der Waals surface area contributed by atoms with E-state index in [4.69, 9.17) is 0 Å². The van der Waals surface area contributed by atoms with Gasteiger partial charge in [0.05, 0.1) is 22.7 Å². The number of benzene rings is 2. The van der Waals surface area contributed by atoms with E-state index in [9.17, 15) is 0 Å². The molecular formula is C26H30N4. The van der Waals surface area contributed by atoms with Crippen LogP contribution in [0.25, 0.3) is 10.9 Å². The minimum Gasteiger partial charge on any atom is -0.368 e. The summed E-state index contributed by atoms with van der Waals surface area (Å²) in [6.07, 6.45) is 2.62. The first-order valence-electron chi connectivity index (χ1n) is 11.4. The normalized spacial score (nSPS) is 36.2. The molecule has 0 saturated carbocycles. The van der Waals surface area contributed by atoms with Crippen molar-refractivity contribution in [3.8, 4) is 0 Å². The molecule has 2 fully saturated rings. The fraction of sp³-hybridized carbons (Fsp3) is 0.462. The zero-order chi connectivity index (χ0) is 20.5. The van der Waals surface area contributed by atoms with E-state index in [0.717, 1.165) is 19.5 Å². The summed E-state index contributed by atoms with van der Waals surface area (Å²) in [4.78, 5) is 6.68. The van der Waals surface area contributed by atoms with Crippen LogP contribution in [0.1, 0.15) is 48.2 Å². The quantitative estimate of drug-likeness (QED) is 0.529. The van der Waals surface area contributed by atoms with E-state index in [2.05, 4.69) is 84.6 Å². The highest BCUT2D eigenvalue weighted by Gasteiger charge is 2.77. The zero-order valence-electron chi connectivity index (χ0n) is 18.3. The summed E-state index contributed by atoms with van der Waals surface area (Å²) in [5.74, 6) is 0. The number of nitrogens with one attached hydrogen (secondary N) is 3. The molecule has 1 aromatic heterocycles. The van der Waals surface area contributed by atoms with Gasteiger partial charge in [0.2, 0.25) is 0 Å². The number of hydrogen-bond donors (Lipinski definition) is 3. The summed E-state index contributed by atoms with van der Waals surface area (Å²) in [5, 5.41) is 9.45. The van der Waals surface area contributed by atoms with Crippen LogP contribution in [-0.2, 0) is 17.4 Å². The molecule has 7 rings (SSSR count). The van der Waals surface area contributed by atoms with Gasteiger partial charge in [-0.25, -0.2) is 0 Å². The Labute approximate surface area is 178 Å². The smallest absolute Gasteiger partial charge is 0.0920 e. The fourth-order valence-electron chi connectivity index (χ4n) is 7.81. The monoisotopic (exact) mass is 398 g/mol. The lowest BCUT2D eigenvalue weighted by atomic mass is 9.61. The molecule has 4 heteroatoms. The first-order chi connectivity index (χ1) is 14.4. The Bertz CT molecular complexity index is 1240. The number of aromatic amines is 1. The Morgan fingerprint density at radius 1 is 1.03 bits per heavy atom. The van der Waals surface area contributed by atoms with Gasteiger partial charge in [0.1, 0.15) is 0 Å². The fourth-order valence-corrected chi connectivity index (χ4v) is 7.81. The Balaban J connectivity index is 1.53. The van der Waals surface area contributed by atoms with Gasteiger partial charge in [0.25, 0.3) is 0 Å². The lowest BCUT2D eigenvalue weighted by molar-refractivity contribution is 0.0594. The van der Waals surface area contributed by atoms with Gasteiger partial charge in [-0.2, -0.15) is 0 Å². The lowest BCUT2D eigenvalue weighted by Crippen LogP contribution is -2.63. The maximum absolute atomic E-state index is 4.05. The van der Waals surface area contributed by atoms with Crippen molar-refractivity contribution in [3.05, 3.63) is 64.3 Å². The number of fused-ring (bicyclic) bond motifs is 8. The van der Waals surface area contributed by atoms with Crippen LogP contribution in [0.4, 0.5) is 5.69 Å². The van der Waals surface area contributed by atoms with Crippen LogP contribution in [0.5, 0.6) is 0 Å². The van der Waals surface area contributed by atoms with Crippen molar-refractivity contribution in [1.29, 1.82) is 0 Å². The number of hydrogen-bond acceptors (Lipinski definition) is 3. The third-order valence-electron chi connectivity index (χ3n) is 9.32. The molecule has 3 N–H and O–H groups in total. The number of aryl methyl sites for hydroxylation is 2. The average Bonchev–Trinajstić information content (AvgIpc) is 3.39. The third kappa shape index (κ3) is 1.61. The predicted molar refractivity (Wildman–Crippen MR) is 122 cm³/mol. The molecule has 154 valence electrons. The second-order valence-electron chi connectivity index (χ2n) is 10.4. The molecular weight excluding hydrogens is 368 g/mol. The summed E-state index contributed by atoms with van der Waals surface area (Å²) in [7, 11) is 0. The molecule has 4 atom stereocenters. The molecule has 3 aromatic rings. The standard InChI is InChI=1S/C26H30N4/c1-15-5-7-20-18(13-15)17-9-12-30-23-26(19-14-16(2)6-8-21(19)29-23)10-11-27-25(26,4)24(30,3)22(17)28-20/h5-8,13-14,23,27-29H,9-12H2,1-4H3. The van der Waals surface area contributed by atoms with Crippen LogP contribution in [-0.4, -0.2) is 34.7 Å². The van der Waals surface area contributed by atoms with Gasteiger partial charge in [-0.1, -0.05) is 29.3 Å². The van der Waals surface area contributed by atoms with Crippen molar-refractivity contribution in [3.63, 3.8) is 0 Å². The number of aromatic nitrogens is 1. The van der Waals surface area contributed by atoms with E-state index in [0.29, 0.717) is 6.17 Å². The first kappa shape index (κ1) is 17.4. The van der Waals surface area contributed by atoms with Gasteiger partial charge < -0.3 is 15.6 Å². The van der Waals surface area contributed by atoms with E-state index in [1.165, 1.54) is 51.0 Å². The molecule has 0 bridgehead atoms. The van der Waals surface area contributed by atoms with E-state index < -0.39 is 0 Å². The minimum absolute atomic E-state index is 0.0538. The summed E-state index contributed by atoms with van der Waals surface area (Å²) >= 11 is 0. The third-order valence-corrected chi connectivity index (χ3v) is 9.32. The molecule has 5 heterocycles. The Hall–Kier alpha value is -2.30. The van der Waals surface area contributed by atoms with Crippen LogP contribution in [0, 0.1) is 13.8 Å². The van der Waals surface area contributed by atoms with Gasteiger partial charge in [0, 0.05) is 28.8 Å². The van der Waals surface area contributed by atoms with Gasteiger partial charge in [-0.3, -0.25) is 4.90 Å². The molecule has 1 spiro atoms. The molecule has 4 aliphatic heterocycles. The van der Waals surface area contributed by atoms with Crippen molar-refractivity contribution in [1.82, 2.24) is 15.2 Å². The maximum atomic E-state index is 4.05. The Kier molecular flexibility index (Phi) is 2.97. The highest BCUT2D eigenvalue weighted by molar-refractivity contribution is 5.86. The molecule has 0 amide bonds. The topological polar surface area (TPSA) is 43.1 Å². The molecule has 4 nitrogen and oxygen atoms in total. The Morgan fingerprint density at radius 2 is 1.83 bits per heavy atom. The van der Waals surface area contributed by atoms with E-state index >= 15 is 0 Å². The lowest BCUT2D eigenvalue weighted by Gasteiger charge is -2.50. The molecule has 0 aliphatic carbocycles. The van der Waals surface area contributed by atoms with Gasteiger partial charge in [0.15, 0.2) is 0 Å². The van der Waals surface area contributed by atoms with E-state index in [1.54, 1.807) is 0 Å². The second-order valence-corrected chi connectivity index (χ2v) is 10.4. The molecule has 30 heavy (non-hydrogen) atoms. The van der Waals surface area contributed by atoms with Crippen LogP contribution < -0.4 is 10.6 Å². The number of anilines is 1. The SMILES string of the molecule is Cc1ccc2c(c1)C13CCNC1(C)C1(C)c4[nH]c5ccc(C)cc5c4CCN1C3N2. The first-order valence-corrected chi connectivity index (χ1v) is 11.4. The highest BCUT2D eigenvalue weighted by Crippen LogP contribution is 2.67. The molecule has 0 radical (unpaired) electrons. The van der Waals surface area contributed by atoms with Gasteiger partial charge in [-0.15, -0.1) is 0 Å². The summed E-state index contributed by atoms with van der Waals surface area (Å²) in [5.41, 5.74) is 9.72. The highest BCUT2D eigenvalue weighted by atomic mass is 15.4. The van der Waals surface area contributed by atoms with Crippen molar-refractivity contribution in [2.24, 2.45) is 0 Å². The van der Waals surface area contributed by atoms with Crippen molar-refractivity contribution >= 4 is 16.6 Å². The molecule has 2 aromatic carbocycles. The maximum Gasteiger partial charge on any atom is 0.0920 e. The summed E-state index contributed by atoms with van der Waals surface area (Å²) in [6, 6.07) is 13.9. The Morgan fingerprint density at radius 3 is 2.70 bits per heavy atom. The largest absolute Gasteiger partial charge is 0.368 e. The molecule has 2 saturated heterocycles. The molecule has 4 aliphatic rings. The molecule has 4 unspecified atom stereocenters. The zero-order valence-corrected chi connectivity index (χ0v) is 18.3. The van der Waals surface area contributed by atoms with Gasteiger partial charge >= 0.3 is 0 Å². The second kappa shape index (κ2) is 5.12. The van der Waals surface area contributed by atoms with Crippen LogP contribution in [0.3, 0.4) is 0 Å². The number of nitrogens with zero attached hydrogens (tertiary/aromatic N) is 1. The van der Waals surface area contributed by atoms with Gasteiger partial charge in [-0.05, 0) is 76.4 Å². The summed E-state index contributed by atoms with van der Waals surface area (Å²) < 4.78 is 0. The van der Waals surface area contributed by atoms with Crippen LogP contribution in [0.2, 0.25) is 0 Å². The summed E-state index contributed by atoms with van der Waals surface area (Å²) in [6.45, 7) is 11.6. The minimum atomic E-state index is -0.0941. The van der Waals surface area contributed by atoms with Crippen molar-refractivity contribution < 1.29 is 0 Å². The number of rotatable bonds is 0. The van der Waals surface area contributed by atoms with Crippen LogP contribution >= 0.6 is 0 Å². The predicted octanol–water partition coefficient (Wildman–Crippen LogP) is 4.31. The van der Waals surface area contributed by atoms with E-state index in [1.807, 2.05) is 0 Å². The number of H-pyrrole nitrogens is 1. The van der Waals surface area contributed by atoms with Crippen molar-refractivity contribution in [2.75, 3.05) is 18.4 Å².